The zero-order chi connectivity index (χ0) is 12.5. The highest BCUT2D eigenvalue weighted by atomic mass is 16.2. The molecule has 0 radical (unpaired) electrons. The molecular weight excluding hydrogens is 224 g/mol. The number of carbonyl (C=O) groups excluding carboxylic acids is 1. The van der Waals surface area contributed by atoms with Gasteiger partial charge >= 0.3 is 0 Å². The molecule has 0 aromatic heterocycles. The lowest BCUT2D eigenvalue weighted by molar-refractivity contribution is -0.130. The summed E-state index contributed by atoms with van der Waals surface area (Å²) >= 11 is 0. The van der Waals surface area contributed by atoms with Crippen molar-refractivity contribution in [2.45, 2.75) is 38.3 Å². The van der Waals surface area contributed by atoms with E-state index in [4.69, 9.17) is 0 Å². The molecule has 2 aliphatic heterocycles. The van der Waals surface area contributed by atoms with Crippen LogP contribution in [0.5, 0.6) is 0 Å². The maximum Gasteiger partial charge on any atom is 0.223 e. The van der Waals surface area contributed by atoms with Gasteiger partial charge in [-0.3, -0.25) is 4.79 Å². The van der Waals surface area contributed by atoms with Crippen LogP contribution in [-0.4, -0.2) is 29.9 Å². The number of fused-ring (bicyclic) bond motifs is 1. The highest BCUT2D eigenvalue weighted by Crippen LogP contribution is 2.33. The molecule has 0 aliphatic carbocycles. The standard InChI is InChI=1S/C15H20N2O/c1-2-11-5-3-4-6-12(11)15-13-7-8-14(18)17(13)10-9-16-15/h3-6,13,15-16H,2,7-10H2,1H3/t13-,15?/m0/s1. The molecular formula is C15H20N2O. The van der Waals surface area contributed by atoms with Crippen molar-refractivity contribution < 1.29 is 4.79 Å². The number of nitrogens with zero attached hydrogens (tertiary/aromatic N) is 1. The molecule has 96 valence electrons. The highest BCUT2D eigenvalue weighted by Gasteiger charge is 2.39. The zero-order valence-electron chi connectivity index (χ0n) is 10.9. The number of carbonyl (C=O) groups is 1. The van der Waals surface area contributed by atoms with Crippen molar-refractivity contribution >= 4 is 5.91 Å². The summed E-state index contributed by atoms with van der Waals surface area (Å²) < 4.78 is 0. The molecule has 3 nitrogen and oxygen atoms in total. The number of rotatable bonds is 2. The van der Waals surface area contributed by atoms with Crippen LogP contribution in [0, 0.1) is 0 Å². The minimum Gasteiger partial charge on any atom is -0.337 e. The van der Waals surface area contributed by atoms with E-state index in [-0.39, 0.29) is 0 Å². The fourth-order valence-electron chi connectivity index (χ4n) is 3.35. The van der Waals surface area contributed by atoms with E-state index in [0.717, 1.165) is 32.4 Å². The Labute approximate surface area is 108 Å². The summed E-state index contributed by atoms with van der Waals surface area (Å²) in [5.41, 5.74) is 2.78. The first-order chi connectivity index (χ1) is 8.81. The molecule has 3 rings (SSSR count). The summed E-state index contributed by atoms with van der Waals surface area (Å²) in [5.74, 6) is 0.334. The fraction of sp³-hybridized carbons (Fsp3) is 0.533. The van der Waals surface area contributed by atoms with Gasteiger partial charge in [0.1, 0.15) is 0 Å². The van der Waals surface area contributed by atoms with E-state index in [0.29, 0.717) is 18.0 Å². The van der Waals surface area contributed by atoms with Crippen LogP contribution in [0.25, 0.3) is 0 Å². The molecule has 2 heterocycles. The maximum atomic E-state index is 11.8. The first-order valence-electron chi connectivity index (χ1n) is 6.92. The van der Waals surface area contributed by atoms with E-state index >= 15 is 0 Å². The average molecular weight is 244 g/mol. The van der Waals surface area contributed by atoms with Crippen molar-refractivity contribution in [1.82, 2.24) is 10.2 Å². The molecule has 2 aliphatic rings. The third-order valence-electron chi connectivity index (χ3n) is 4.25. The lowest BCUT2D eigenvalue weighted by Crippen LogP contribution is -2.51. The molecule has 1 aromatic rings. The second-order valence-electron chi connectivity index (χ2n) is 5.18. The number of hydrogen-bond acceptors (Lipinski definition) is 2. The van der Waals surface area contributed by atoms with Gasteiger partial charge in [0.25, 0.3) is 0 Å². The maximum absolute atomic E-state index is 11.8. The van der Waals surface area contributed by atoms with Gasteiger partial charge in [-0.1, -0.05) is 31.2 Å². The lowest BCUT2D eigenvalue weighted by Gasteiger charge is -2.38. The van der Waals surface area contributed by atoms with Crippen LogP contribution in [0.4, 0.5) is 0 Å². The Kier molecular flexibility index (Phi) is 3.08. The van der Waals surface area contributed by atoms with E-state index in [9.17, 15) is 4.79 Å². The van der Waals surface area contributed by atoms with Crippen LogP contribution in [0.1, 0.15) is 36.9 Å². The van der Waals surface area contributed by atoms with Crippen molar-refractivity contribution in [3.63, 3.8) is 0 Å². The minimum atomic E-state index is 0.321. The number of amides is 1. The molecule has 0 bridgehead atoms. The smallest absolute Gasteiger partial charge is 0.223 e. The second-order valence-corrected chi connectivity index (χ2v) is 5.18. The van der Waals surface area contributed by atoms with Crippen molar-refractivity contribution in [2.24, 2.45) is 0 Å². The van der Waals surface area contributed by atoms with Crippen molar-refractivity contribution in [2.75, 3.05) is 13.1 Å². The van der Waals surface area contributed by atoms with E-state index in [1.54, 1.807) is 0 Å². The Morgan fingerprint density at radius 2 is 2.22 bits per heavy atom. The highest BCUT2D eigenvalue weighted by molar-refractivity contribution is 5.79. The molecule has 2 atom stereocenters. The molecule has 0 spiro atoms. The van der Waals surface area contributed by atoms with Gasteiger partial charge in [0.05, 0.1) is 12.1 Å². The Morgan fingerprint density at radius 3 is 3.06 bits per heavy atom. The summed E-state index contributed by atoms with van der Waals surface area (Å²) in [6, 6.07) is 9.30. The van der Waals surface area contributed by atoms with Gasteiger partial charge < -0.3 is 10.2 Å². The normalized spacial score (nSPS) is 27.4. The summed E-state index contributed by atoms with van der Waals surface area (Å²) in [6.07, 6.45) is 2.76. The van der Waals surface area contributed by atoms with E-state index < -0.39 is 0 Å². The van der Waals surface area contributed by atoms with Crippen LogP contribution in [0.3, 0.4) is 0 Å². The summed E-state index contributed by atoms with van der Waals surface area (Å²) in [5, 5.41) is 3.61. The molecule has 2 saturated heterocycles. The predicted octanol–water partition coefficient (Wildman–Crippen LogP) is 1.88. The van der Waals surface area contributed by atoms with Crippen LogP contribution in [0.2, 0.25) is 0 Å². The van der Waals surface area contributed by atoms with Gasteiger partial charge in [-0.15, -0.1) is 0 Å². The Bertz CT molecular complexity index is 458. The molecule has 18 heavy (non-hydrogen) atoms. The van der Waals surface area contributed by atoms with Crippen LogP contribution in [-0.2, 0) is 11.2 Å². The summed E-state index contributed by atoms with van der Waals surface area (Å²) in [6.45, 7) is 3.97. The second kappa shape index (κ2) is 4.73. The van der Waals surface area contributed by atoms with Gasteiger partial charge in [-0.05, 0) is 24.0 Å². The van der Waals surface area contributed by atoms with Crippen molar-refractivity contribution in [1.29, 1.82) is 0 Å². The fourth-order valence-corrected chi connectivity index (χ4v) is 3.35. The number of hydrogen-bond donors (Lipinski definition) is 1. The van der Waals surface area contributed by atoms with Gasteiger partial charge in [0, 0.05) is 19.5 Å². The van der Waals surface area contributed by atoms with E-state index in [2.05, 4.69) is 41.4 Å². The average Bonchev–Trinajstić information content (AvgIpc) is 2.81. The first-order valence-corrected chi connectivity index (χ1v) is 6.92. The van der Waals surface area contributed by atoms with Gasteiger partial charge in [0.2, 0.25) is 5.91 Å². The molecule has 1 unspecified atom stereocenters. The number of aryl methyl sites for hydroxylation is 1. The van der Waals surface area contributed by atoms with Gasteiger partial charge in [-0.25, -0.2) is 0 Å². The molecule has 1 amide bonds. The van der Waals surface area contributed by atoms with E-state index in [1.807, 2.05) is 0 Å². The molecule has 3 heteroatoms. The van der Waals surface area contributed by atoms with Crippen LogP contribution in [0.15, 0.2) is 24.3 Å². The predicted molar refractivity (Wildman–Crippen MR) is 71.3 cm³/mol. The molecule has 1 aromatic carbocycles. The number of nitrogens with one attached hydrogen (secondary N) is 1. The SMILES string of the molecule is CCc1ccccc1C1NCCN2C(=O)CC[C@@H]12. The Hall–Kier alpha value is -1.35. The zero-order valence-corrected chi connectivity index (χ0v) is 10.9. The van der Waals surface area contributed by atoms with Gasteiger partial charge in [0.15, 0.2) is 0 Å². The molecule has 2 fully saturated rings. The van der Waals surface area contributed by atoms with E-state index in [1.165, 1.54) is 11.1 Å². The molecule has 1 N–H and O–H groups in total. The largest absolute Gasteiger partial charge is 0.337 e. The third kappa shape index (κ3) is 1.83. The first kappa shape index (κ1) is 11.7. The number of piperazine rings is 1. The summed E-state index contributed by atoms with van der Waals surface area (Å²) in [7, 11) is 0. The monoisotopic (exact) mass is 244 g/mol. The topological polar surface area (TPSA) is 32.3 Å². The minimum absolute atomic E-state index is 0.321. The lowest BCUT2D eigenvalue weighted by atomic mass is 9.91. The number of benzene rings is 1. The molecule has 0 saturated carbocycles. The third-order valence-corrected chi connectivity index (χ3v) is 4.25. The van der Waals surface area contributed by atoms with Crippen LogP contribution >= 0.6 is 0 Å². The Balaban J connectivity index is 1.93. The van der Waals surface area contributed by atoms with Crippen molar-refractivity contribution in [3.05, 3.63) is 35.4 Å². The quantitative estimate of drug-likeness (QED) is 0.861. The van der Waals surface area contributed by atoms with Gasteiger partial charge in [-0.2, -0.15) is 0 Å². The van der Waals surface area contributed by atoms with Crippen molar-refractivity contribution in [3.8, 4) is 0 Å². The Morgan fingerprint density at radius 1 is 1.39 bits per heavy atom. The van der Waals surface area contributed by atoms with Crippen LogP contribution < -0.4 is 5.32 Å². The summed E-state index contributed by atoms with van der Waals surface area (Å²) in [4.78, 5) is 13.9.